The normalized spacial score (nSPS) is 16.8. The molecule has 0 saturated carbocycles. The molecule has 138 valence electrons. The minimum absolute atomic E-state index is 0.132. The predicted molar refractivity (Wildman–Crippen MR) is 97.7 cm³/mol. The Balaban J connectivity index is 2.11. The summed E-state index contributed by atoms with van der Waals surface area (Å²) < 4.78 is 4.63. The third-order valence-corrected chi connectivity index (χ3v) is 4.76. The van der Waals surface area contributed by atoms with Gasteiger partial charge in [0.2, 0.25) is 5.91 Å². The molecule has 0 spiro atoms. The fourth-order valence-electron chi connectivity index (χ4n) is 3.23. The topological polar surface area (TPSA) is 46.6 Å². The summed E-state index contributed by atoms with van der Waals surface area (Å²) in [6, 6.07) is 0.304. The molecule has 0 saturated heterocycles. The Morgan fingerprint density at radius 1 is 1.04 bits per heavy atom. The Morgan fingerprint density at radius 3 is 2.46 bits per heavy atom. The molecule has 0 aromatic heterocycles. The lowest BCUT2D eigenvalue weighted by molar-refractivity contribution is -0.140. The van der Waals surface area contributed by atoms with Gasteiger partial charge in [0.05, 0.1) is 13.2 Å². The Kier molecular flexibility index (Phi) is 11.2. The van der Waals surface area contributed by atoms with E-state index in [4.69, 9.17) is 0 Å². The second-order valence-electron chi connectivity index (χ2n) is 6.75. The van der Waals surface area contributed by atoms with Gasteiger partial charge in [0.1, 0.15) is 0 Å². The summed E-state index contributed by atoms with van der Waals surface area (Å²) in [5, 5.41) is 0. The van der Waals surface area contributed by atoms with Crippen LogP contribution in [-0.2, 0) is 14.3 Å². The zero-order valence-corrected chi connectivity index (χ0v) is 15.6. The van der Waals surface area contributed by atoms with E-state index in [1.807, 2.05) is 4.90 Å². The molecular formula is C20H35NO3. The number of amides is 1. The molecule has 1 amide bonds. The molecule has 0 radical (unpaired) electrons. The standard InChI is InChI=1S/C20H35NO3/c1-3-4-5-6-7-10-13-18-15-16-19(22)21(18)17-12-9-8-11-14-20(23)24-2/h15-16,18H,3-14,17H2,1-2H3/t18-/m1/s1. The lowest BCUT2D eigenvalue weighted by atomic mass is 10.1. The summed E-state index contributed by atoms with van der Waals surface area (Å²) in [4.78, 5) is 25.0. The molecular weight excluding hydrogens is 302 g/mol. The summed E-state index contributed by atoms with van der Waals surface area (Å²) in [5.74, 6) is 0.0356. The number of methoxy groups -OCH3 is 1. The number of carbonyl (C=O) groups is 2. The van der Waals surface area contributed by atoms with Crippen LogP contribution >= 0.6 is 0 Å². The summed E-state index contributed by atoms with van der Waals surface area (Å²) in [6.45, 7) is 3.08. The van der Waals surface area contributed by atoms with Gasteiger partial charge >= 0.3 is 5.97 Å². The van der Waals surface area contributed by atoms with Crippen molar-refractivity contribution < 1.29 is 14.3 Å². The van der Waals surface area contributed by atoms with Crippen molar-refractivity contribution >= 4 is 11.9 Å². The van der Waals surface area contributed by atoms with Crippen LogP contribution in [0.3, 0.4) is 0 Å². The van der Waals surface area contributed by atoms with Crippen LogP contribution in [0.1, 0.15) is 84.0 Å². The lowest BCUT2D eigenvalue weighted by Crippen LogP contribution is -2.34. The monoisotopic (exact) mass is 337 g/mol. The molecule has 1 heterocycles. The molecule has 1 aliphatic heterocycles. The number of ether oxygens (including phenoxy) is 1. The number of unbranched alkanes of at least 4 members (excludes halogenated alkanes) is 8. The lowest BCUT2D eigenvalue weighted by Gasteiger charge is -2.24. The molecule has 0 aromatic carbocycles. The van der Waals surface area contributed by atoms with Gasteiger partial charge in [-0.25, -0.2) is 0 Å². The molecule has 0 fully saturated rings. The maximum Gasteiger partial charge on any atom is 0.305 e. The first kappa shape index (κ1) is 20.7. The zero-order valence-electron chi connectivity index (χ0n) is 15.6. The van der Waals surface area contributed by atoms with E-state index in [2.05, 4.69) is 17.7 Å². The molecule has 0 unspecified atom stereocenters. The SMILES string of the molecule is CCCCCCCC[C@@H]1C=CC(=O)N1CCCCCCC(=O)OC. The molecule has 1 atom stereocenters. The number of hydrogen-bond acceptors (Lipinski definition) is 3. The molecule has 1 aliphatic rings. The number of carbonyl (C=O) groups excluding carboxylic acids is 2. The molecule has 0 aliphatic carbocycles. The quantitative estimate of drug-likeness (QED) is 0.343. The van der Waals surface area contributed by atoms with Crippen LogP contribution in [0.25, 0.3) is 0 Å². The van der Waals surface area contributed by atoms with Gasteiger partial charge < -0.3 is 9.64 Å². The van der Waals surface area contributed by atoms with Crippen LogP contribution in [0.5, 0.6) is 0 Å². The van der Waals surface area contributed by atoms with Gasteiger partial charge in [-0.05, 0) is 19.3 Å². The third kappa shape index (κ3) is 8.51. The number of rotatable bonds is 14. The highest BCUT2D eigenvalue weighted by molar-refractivity contribution is 5.90. The average Bonchev–Trinajstić information content (AvgIpc) is 2.94. The highest BCUT2D eigenvalue weighted by Crippen LogP contribution is 2.19. The molecule has 0 N–H and O–H groups in total. The molecule has 4 nitrogen and oxygen atoms in total. The average molecular weight is 338 g/mol. The molecule has 1 rings (SSSR count). The van der Waals surface area contributed by atoms with Crippen molar-refractivity contribution in [2.75, 3.05) is 13.7 Å². The number of hydrogen-bond donors (Lipinski definition) is 0. The number of esters is 1. The first-order chi connectivity index (χ1) is 11.7. The second-order valence-corrected chi connectivity index (χ2v) is 6.75. The maximum absolute atomic E-state index is 12.0. The Labute approximate surface area is 147 Å². The largest absolute Gasteiger partial charge is 0.469 e. The summed E-state index contributed by atoms with van der Waals surface area (Å²) in [5.41, 5.74) is 0. The van der Waals surface area contributed by atoms with Crippen molar-refractivity contribution in [2.45, 2.75) is 90.0 Å². The fraction of sp³-hybridized carbons (Fsp3) is 0.800. The first-order valence-electron chi connectivity index (χ1n) is 9.74. The van der Waals surface area contributed by atoms with E-state index >= 15 is 0 Å². The minimum Gasteiger partial charge on any atom is -0.469 e. The Morgan fingerprint density at radius 2 is 1.71 bits per heavy atom. The number of nitrogens with zero attached hydrogens (tertiary/aromatic N) is 1. The van der Waals surface area contributed by atoms with Crippen molar-refractivity contribution in [3.63, 3.8) is 0 Å². The van der Waals surface area contributed by atoms with Crippen LogP contribution < -0.4 is 0 Å². The van der Waals surface area contributed by atoms with Crippen molar-refractivity contribution in [3.05, 3.63) is 12.2 Å². The molecule has 24 heavy (non-hydrogen) atoms. The highest BCUT2D eigenvalue weighted by atomic mass is 16.5. The summed E-state index contributed by atoms with van der Waals surface area (Å²) in [7, 11) is 1.43. The van der Waals surface area contributed by atoms with Crippen molar-refractivity contribution in [1.82, 2.24) is 4.90 Å². The predicted octanol–water partition coefficient (Wildman–Crippen LogP) is 4.63. The van der Waals surface area contributed by atoms with E-state index in [0.29, 0.717) is 12.5 Å². The molecule has 0 aromatic rings. The molecule has 4 heteroatoms. The van der Waals surface area contributed by atoms with Crippen LogP contribution in [-0.4, -0.2) is 36.5 Å². The van der Waals surface area contributed by atoms with E-state index in [1.165, 1.54) is 45.6 Å². The third-order valence-electron chi connectivity index (χ3n) is 4.76. The van der Waals surface area contributed by atoms with Gasteiger partial charge in [-0.1, -0.05) is 64.4 Å². The Bertz CT molecular complexity index is 392. The second kappa shape index (κ2) is 13.0. The summed E-state index contributed by atoms with van der Waals surface area (Å²) in [6.07, 6.45) is 17.1. The van der Waals surface area contributed by atoms with Crippen LogP contribution in [0.2, 0.25) is 0 Å². The zero-order chi connectivity index (χ0) is 17.6. The Hall–Kier alpha value is -1.32. The van der Waals surface area contributed by atoms with E-state index in [9.17, 15) is 9.59 Å². The fourth-order valence-corrected chi connectivity index (χ4v) is 3.23. The van der Waals surface area contributed by atoms with E-state index in [0.717, 1.165) is 38.6 Å². The van der Waals surface area contributed by atoms with Crippen LogP contribution in [0.4, 0.5) is 0 Å². The van der Waals surface area contributed by atoms with Crippen LogP contribution in [0.15, 0.2) is 12.2 Å². The van der Waals surface area contributed by atoms with Crippen molar-refractivity contribution in [1.29, 1.82) is 0 Å². The van der Waals surface area contributed by atoms with E-state index in [-0.39, 0.29) is 11.9 Å². The molecule has 0 bridgehead atoms. The van der Waals surface area contributed by atoms with E-state index in [1.54, 1.807) is 6.08 Å². The van der Waals surface area contributed by atoms with Gasteiger partial charge in [-0.3, -0.25) is 9.59 Å². The smallest absolute Gasteiger partial charge is 0.305 e. The van der Waals surface area contributed by atoms with Crippen molar-refractivity contribution in [2.24, 2.45) is 0 Å². The van der Waals surface area contributed by atoms with Crippen molar-refractivity contribution in [3.8, 4) is 0 Å². The maximum atomic E-state index is 12.0. The van der Waals surface area contributed by atoms with Gasteiger partial charge in [0, 0.05) is 19.0 Å². The van der Waals surface area contributed by atoms with Crippen LogP contribution in [0, 0.1) is 0 Å². The van der Waals surface area contributed by atoms with Gasteiger partial charge in [-0.2, -0.15) is 0 Å². The van der Waals surface area contributed by atoms with Gasteiger partial charge in [0.15, 0.2) is 0 Å². The highest BCUT2D eigenvalue weighted by Gasteiger charge is 2.24. The van der Waals surface area contributed by atoms with Gasteiger partial charge in [0.25, 0.3) is 0 Å². The van der Waals surface area contributed by atoms with E-state index < -0.39 is 0 Å². The minimum atomic E-state index is -0.132. The first-order valence-corrected chi connectivity index (χ1v) is 9.74. The van der Waals surface area contributed by atoms with Gasteiger partial charge in [-0.15, -0.1) is 0 Å². The summed E-state index contributed by atoms with van der Waals surface area (Å²) >= 11 is 0.